The standard InChI is InChI=1S/C27H30N2O4.ClH/c1-29-26(31)15-12-23-24(33-19-22(30)17-28-16-20-8-4-2-5-9-20)13-14-25(27(23)29)32-18-21-10-6-3-7-11-21;/h2-11,13-14,22,28,30H,12,15-19H2,1H3;1H. The molecule has 0 fully saturated rings. The highest BCUT2D eigenvalue weighted by atomic mass is 35.5. The minimum Gasteiger partial charge on any atom is -0.490 e. The number of carbonyl (C=O) groups excluding carboxylic acids is 1. The molecule has 3 aromatic rings. The maximum Gasteiger partial charge on any atom is 0.227 e. The van der Waals surface area contributed by atoms with Gasteiger partial charge in [-0.15, -0.1) is 12.4 Å². The van der Waals surface area contributed by atoms with Gasteiger partial charge in [-0.1, -0.05) is 60.7 Å². The molecule has 1 atom stereocenters. The fourth-order valence-corrected chi connectivity index (χ4v) is 3.94. The van der Waals surface area contributed by atoms with Gasteiger partial charge in [0, 0.05) is 32.1 Å². The summed E-state index contributed by atoms with van der Waals surface area (Å²) in [6.45, 7) is 1.69. The van der Waals surface area contributed by atoms with Crippen molar-refractivity contribution in [3.63, 3.8) is 0 Å². The summed E-state index contributed by atoms with van der Waals surface area (Å²) in [5, 5.41) is 13.6. The van der Waals surface area contributed by atoms with Crippen LogP contribution in [0.15, 0.2) is 72.8 Å². The topological polar surface area (TPSA) is 71.0 Å². The van der Waals surface area contributed by atoms with Gasteiger partial charge in [0.05, 0.1) is 5.69 Å². The summed E-state index contributed by atoms with van der Waals surface area (Å²) >= 11 is 0. The molecule has 3 aromatic carbocycles. The van der Waals surface area contributed by atoms with Gasteiger partial charge < -0.3 is 24.8 Å². The van der Waals surface area contributed by atoms with Crippen molar-refractivity contribution in [3.8, 4) is 11.5 Å². The molecule has 1 amide bonds. The van der Waals surface area contributed by atoms with Gasteiger partial charge >= 0.3 is 0 Å². The number of hydrogen-bond acceptors (Lipinski definition) is 5. The second kappa shape index (κ2) is 12.4. The molecule has 1 heterocycles. The molecular weight excluding hydrogens is 452 g/mol. The summed E-state index contributed by atoms with van der Waals surface area (Å²) in [4.78, 5) is 14.0. The highest BCUT2D eigenvalue weighted by Gasteiger charge is 2.28. The molecule has 0 bridgehead atoms. The first-order valence-corrected chi connectivity index (χ1v) is 11.3. The van der Waals surface area contributed by atoms with E-state index in [4.69, 9.17) is 9.47 Å². The van der Waals surface area contributed by atoms with Gasteiger partial charge in [-0.25, -0.2) is 0 Å². The number of fused-ring (bicyclic) bond motifs is 1. The fraction of sp³-hybridized carbons (Fsp3) is 0.296. The summed E-state index contributed by atoms with van der Waals surface area (Å²) in [5.74, 6) is 1.38. The van der Waals surface area contributed by atoms with E-state index in [1.54, 1.807) is 11.9 Å². The number of halogens is 1. The number of nitrogens with one attached hydrogen (secondary N) is 1. The summed E-state index contributed by atoms with van der Waals surface area (Å²) in [6.07, 6.45) is 0.350. The Morgan fingerprint density at radius 3 is 2.26 bits per heavy atom. The quantitative estimate of drug-likeness (QED) is 0.454. The maximum absolute atomic E-state index is 12.4. The third kappa shape index (κ3) is 6.50. The predicted octanol–water partition coefficient (Wildman–Crippen LogP) is 4.13. The summed E-state index contributed by atoms with van der Waals surface area (Å²) in [7, 11) is 1.77. The number of anilines is 1. The van der Waals surface area contributed by atoms with E-state index in [0.717, 1.165) is 16.8 Å². The van der Waals surface area contributed by atoms with Gasteiger partial charge in [-0.3, -0.25) is 4.79 Å². The second-order valence-electron chi connectivity index (χ2n) is 8.20. The van der Waals surface area contributed by atoms with E-state index in [1.807, 2.05) is 72.8 Å². The number of carbonyl (C=O) groups is 1. The molecule has 1 aliphatic heterocycles. The number of nitrogens with zero attached hydrogens (tertiary/aromatic N) is 1. The van der Waals surface area contributed by atoms with E-state index in [1.165, 1.54) is 5.56 Å². The smallest absolute Gasteiger partial charge is 0.227 e. The first kappa shape index (κ1) is 25.6. The molecule has 34 heavy (non-hydrogen) atoms. The third-order valence-corrected chi connectivity index (χ3v) is 5.72. The molecule has 0 aromatic heterocycles. The van der Waals surface area contributed by atoms with E-state index in [2.05, 4.69) is 5.32 Å². The number of aliphatic hydroxyl groups is 1. The molecule has 4 rings (SSSR count). The largest absolute Gasteiger partial charge is 0.490 e. The summed E-state index contributed by atoms with van der Waals surface area (Å²) in [5.41, 5.74) is 3.91. The lowest BCUT2D eigenvalue weighted by atomic mass is 9.99. The Morgan fingerprint density at radius 1 is 0.912 bits per heavy atom. The van der Waals surface area contributed by atoms with Crippen molar-refractivity contribution < 1.29 is 19.4 Å². The van der Waals surface area contributed by atoms with E-state index in [9.17, 15) is 9.90 Å². The Kier molecular flexibility index (Phi) is 9.33. The highest BCUT2D eigenvalue weighted by Crippen LogP contribution is 2.41. The van der Waals surface area contributed by atoms with E-state index < -0.39 is 6.10 Å². The number of rotatable bonds is 10. The number of benzene rings is 3. The number of hydrogen-bond donors (Lipinski definition) is 2. The lowest BCUT2D eigenvalue weighted by Crippen LogP contribution is -2.33. The van der Waals surface area contributed by atoms with Crippen LogP contribution in [0.4, 0.5) is 5.69 Å². The van der Waals surface area contributed by atoms with Crippen molar-refractivity contribution >= 4 is 24.0 Å². The van der Waals surface area contributed by atoms with Gasteiger partial charge in [0.2, 0.25) is 5.91 Å². The van der Waals surface area contributed by atoms with Crippen LogP contribution in [0.2, 0.25) is 0 Å². The van der Waals surface area contributed by atoms with Crippen molar-refractivity contribution in [2.24, 2.45) is 0 Å². The maximum atomic E-state index is 12.4. The SMILES string of the molecule is CN1C(=O)CCc2c(OCC(O)CNCc3ccccc3)ccc(OCc3ccccc3)c21.Cl. The predicted molar refractivity (Wildman–Crippen MR) is 136 cm³/mol. The molecule has 0 saturated carbocycles. The van der Waals surface area contributed by atoms with E-state index in [-0.39, 0.29) is 24.9 Å². The van der Waals surface area contributed by atoms with E-state index in [0.29, 0.717) is 44.0 Å². The second-order valence-corrected chi connectivity index (χ2v) is 8.20. The Morgan fingerprint density at radius 2 is 1.56 bits per heavy atom. The van der Waals surface area contributed by atoms with Gasteiger partial charge in [0.25, 0.3) is 0 Å². The van der Waals surface area contributed by atoms with Crippen molar-refractivity contribution in [3.05, 3.63) is 89.5 Å². The summed E-state index contributed by atoms with van der Waals surface area (Å²) < 4.78 is 12.1. The Hall–Kier alpha value is -3.06. The van der Waals surface area contributed by atoms with Crippen LogP contribution in [0.1, 0.15) is 23.1 Å². The minimum absolute atomic E-state index is 0. The Balaban J connectivity index is 0.00000324. The zero-order valence-electron chi connectivity index (χ0n) is 19.3. The van der Waals surface area contributed by atoms with Gasteiger partial charge in [0.1, 0.15) is 30.8 Å². The Labute approximate surface area is 206 Å². The lowest BCUT2D eigenvalue weighted by molar-refractivity contribution is -0.118. The molecule has 6 nitrogen and oxygen atoms in total. The molecular formula is C27H31ClN2O4. The first-order chi connectivity index (χ1) is 16.1. The van der Waals surface area contributed by atoms with E-state index >= 15 is 0 Å². The zero-order chi connectivity index (χ0) is 23.0. The van der Waals surface area contributed by atoms with Crippen LogP contribution in [0.25, 0.3) is 0 Å². The molecule has 180 valence electrons. The third-order valence-electron chi connectivity index (χ3n) is 5.72. The molecule has 2 N–H and O–H groups in total. The zero-order valence-corrected chi connectivity index (χ0v) is 20.1. The fourth-order valence-electron chi connectivity index (χ4n) is 3.94. The Bertz CT molecular complexity index is 1060. The molecule has 1 aliphatic rings. The van der Waals surface area contributed by atoms with Crippen molar-refractivity contribution in [2.45, 2.75) is 32.1 Å². The number of amides is 1. The van der Waals surface area contributed by atoms with Gasteiger partial charge in [-0.2, -0.15) is 0 Å². The van der Waals surface area contributed by atoms with Crippen molar-refractivity contribution in [2.75, 3.05) is 25.1 Å². The molecule has 1 unspecified atom stereocenters. The van der Waals surface area contributed by atoms with Gasteiger partial charge in [-0.05, 0) is 29.7 Å². The van der Waals surface area contributed by atoms with Crippen LogP contribution in [0.5, 0.6) is 11.5 Å². The van der Waals surface area contributed by atoms with Gasteiger partial charge in [0.15, 0.2) is 0 Å². The molecule has 0 radical (unpaired) electrons. The molecule has 7 heteroatoms. The van der Waals surface area contributed by atoms with Crippen molar-refractivity contribution in [1.82, 2.24) is 5.32 Å². The minimum atomic E-state index is -0.652. The highest BCUT2D eigenvalue weighted by molar-refractivity contribution is 5.98. The first-order valence-electron chi connectivity index (χ1n) is 11.3. The molecule has 0 spiro atoms. The van der Waals surface area contributed by atoms with Crippen LogP contribution in [-0.4, -0.2) is 37.3 Å². The van der Waals surface area contributed by atoms with Crippen LogP contribution in [0.3, 0.4) is 0 Å². The molecule has 0 saturated heterocycles. The van der Waals surface area contributed by atoms with Crippen molar-refractivity contribution in [1.29, 1.82) is 0 Å². The average Bonchev–Trinajstić information content (AvgIpc) is 2.85. The number of ether oxygens (including phenoxy) is 2. The van der Waals surface area contributed by atoms with Crippen LogP contribution < -0.4 is 19.7 Å². The summed E-state index contributed by atoms with van der Waals surface area (Å²) in [6, 6.07) is 23.7. The van der Waals surface area contributed by atoms with Crippen LogP contribution in [-0.2, 0) is 24.4 Å². The van der Waals surface area contributed by atoms with Crippen LogP contribution in [0, 0.1) is 0 Å². The lowest BCUT2D eigenvalue weighted by Gasteiger charge is -2.29. The normalized spacial score (nSPS) is 13.6. The monoisotopic (exact) mass is 482 g/mol. The average molecular weight is 483 g/mol. The molecule has 0 aliphatic carbocycles. The number of aliphatic hydroxyl groups excluding tert-OH is 1. The van der Waals surface area contributed by atoms with Crippen LogP contribution >= 0.6 is 12.4 Å².